The molecule has 182 valence electrons. The van der Waals surface area contributed by atoms with E-state index >= 15 is 0 Å². The fourth-order valence-corrected chi connectivity index (χ4v) is 5.03. The van der Waals surface area contributed by atoms with Gasteiger partial charge >= 0.3 is 11.9 Å². The van der Waals surface area contributed by atoms with Crippen LogP contribution in [0.4, 0.5) is 0 Å². The Balaban J connectivity index is 1.67. The van der Waals surface area contributed by atoms with Gasteiger partial charge in [-0.05, 0) is 25.5 Å². The van der Waals surface area contributed by atoms with Gasteiger partial charge in [-0.1, -0.05) is 12.2 Å². The number of rotatable bonds is 5. The lowest BCUT2D eigenvalue weighted by Gasteiger charge is -2.45. The Morgan fingerprint density at radius 3 is 2.61 bits per heavy atom. The summed E-state index contributed by atoms with van der Waals surface area (Å²) >= 11 is 0. The van der Waals surface area contributed by atoms with Crippen LogP contribution in [0.1, 0.15) is 13.3 Å². The maximum Gasteiger partial charge on any atom is 0.337 e. The molecule has 1 saturated heterocycles. The van der Waals surface area contributed by atoms with E-state index in [0.717, 1.165) is 0 Å². The number of hydrogen-bond donors (Lipinski definition) is 5. The van der Waals surface area contributed by atoms with E-state index in [0.29, 0.717) is 5.57 Å². The van der Waals surface area contributed by atoms with E-state index in [1.807, 2.05) is 0 Å². The molecule has 2 aliphatic carbocycles. The summed E-state index contributed by atoms with van der Waals surface area (Å²) < 4.78 is 22.1. The highest BCUT2D eigenvalue weighted by Gasteiger charge is 2.58. The van der Waals surface area contributed by atoms with Crippen LogP contribution in [0.5, 0.6) is 0 Å². The van der Waals surface area contributed by atoms with Crippen LogP contribution in [0.15, 0.2) is 35.5 Å². The molecular weight excluding hydrogens is 440 g/mol. The fourth-order valence-electron chi connectivity index (χ4n) is 5.03. The minimum Gasteiger partial charge on any atom is -0.466 e. The number of aliphatic hydroxyl groups excluding tert-OH is 5. The first-order valence-electron chi connectivity index (χ1n) is 10.7. The Kier molecular flexibility index (Phi) is 6.49. The molecule has 0 radical (unpaired) electrons. The van der Waals surface area contributed by atoms with Crippen molar-refractivity contribution < 1.29 is 54.1 Å². The van der Waals surface area contributed by atoms with Crippen LogP contribution in [-0.4, -0.2) is 99.7 Å². The van der Waals surface area contributed by atoms with Crippen LogP contribution >= 0.6 is 0 Å². The second-order valence-corrected chi connectivity index (χ2v) is 8.69. The van der Waals surface area contributed by atoms with Gasteiger partial charge in [-0.2, -0.15) is 0 Å². The second-order valence-electron chi connectivity index (χ2n) is 8.69. The first kappa shape index (κ1) is 24.0. The van der Waals surface area contributed by atoms with Gasteiger partial charge < -0.3 is 44.5 Å². The van der Waals surface area contributed by atoms with E-state index in [9.17, 15) is 35.1 Å². The molecule has 0 aromatic carbocycles. The van der Waals surface area contributed by atoms with Crippen molar-refractivity contribution in [2.45, 2.75) is 61.9 Å². The van der Waals surface area contributed by atoms with Crippen LogP contribution in [0.3, 0.4) is 0 Å². The molecule has 10 atom stereocenters. The summed E-state index contributed by atoms with van der Waals surface area (Å²) in [5.41, 5.74) is -0.902. The van der Waals surface area contributed by atoms with Crippen LogP contribution in [-0.2, 0) is 28.5 Å². The molecule has 4 rings (SSSR count). The summed E-state index contributed by atoms with van der Waals surface area (Å²) in [6.07, 6.45) is -2.59. The van der Waals surface area contributed by atoms with Crippen molar-refractivity contribution in [3.05, 3.63) is 35.5 Å². The van der Waals surface area contributed by atoms with Gasteiger partial charge in [-0.3, -0.25) is 0 Å². The molecule has 2 heterocycles. The largest absolute Gasteiger partial charge is 0.466 e. The molecule has 0 aromatic heterocycles. The Morgan fingerprint density at radius 2 is 2.00 bits per heavy atom. The Morgan fingerprint density at radius 1 is 1.27 bits per heavy atom. The smallest absolute Gasteiger partial charge is 0.337 e. The number of ether oxygens (including phenoxy) is 4. The number of esters is 2. The number of hydrogen-bond acceptors (Lipinski definition) is 11. The van der Waals surface area contributed by atoms with E-state index in [2.05, 4.69) is 0 Å². The zero-order valence-electron chi connectivity index (χ0n) is 18.1. The highest BCUT2D eigenvalue weighted by Crippen LogP contribution is 2.51. The van der Waals surface area contributed by atoms with Gasteiger partial charge in [-0.15, -0.1) is 0 Å². The molecule has 10 unspecified atom stereocenters. The van der Waals surface area contributed by atoms with Crippen molar-refractivity contribution in [3.63, 3.8) is 0 Å². The van der Waals surface area contributed by atoms with Crippen molar-refractivity contribution >= 4 is 11.9 Å². The van der Waals surface area contributed by atoms with E-state index in [1.165, 1.54) is 20.1 Å². The van der Waals surface area contributed by atoms with Gasteiger partial charge in [0.15, 0.2) is 11.9 Å². The van der Waals surface area contributed by atoms with Gasteiger partial charge in [0.2, 0.25) is 0 Å². The van der Waals surface area contributed by atoms with Crippen molar-refractivity contribution in [2.75, 3.05) is 13.7 Å². The molecule has 0 saturated carbocycles. The maximum absolute atomic E-state index is 12.4. The zero-order valence-corrected chi connectivity index (χ0v) is 18.1. The van der Waals surface area contributed by atoms with E-state index in [-0.39, 0.29) is 12.0 Å². The van der Waals surface area contributed by atoms with Gasteiger partial charge in [0.05, 0.1) is 31.5 Å². The molecule has 1 spiro atoms. The van der Waals surface area contributed by atoms with Crippen molar-refractivity contribution in [2.24, 2.45) is 11.8 Å². The number of carbonyl (C=O) groups is 2. The van der Waals surface area contributed by atoms with Crippen LogP contribution in [0, 0.1) is 11.8 Å². The minimum atomic E-state index is -1.62. The molecule has 33 heavy (non-hydrogen) atoms. The number of fused-ring (bicyclic) bond motifs is 2. The molecule has 2 aliphatic heterocycles. The van der Waals surface area contributed by atoms with Crippen LogP contribution in [0.2, 0.25) is 0 Å². The average molecular weight is 468 g/mol. The SMILES string of the molecule is COC(=O)C1=CCC(OC2OC(CO)C(O)C(O)C2O)C2C1C=CC21C=C(C(C)O)C(=O)O1. The summed E-state index contributed by atoms with van der Waals surface area (Å²) in [5.74, 6) is -2.50. The topological polar surface area (TPSA) is 172 Å². The lowest BCUT2D eigenvalue weighted by atomic mass is 9.72. The Bertz CT molecular complexity index is 891. The molecular formula is C22H28O11. The molecule has 0 bridgehead atoms. The molecule has 0 amide bonds. The molecule has 11 nitrogen and oxygen atoms in total. The lowest BCUT2D eigenvalue weighted by molar-refractivity contribution is -0.317. The lowest BCUT2D eigenvalue weighted by Crippen LogP contribution is -2.60. The predicted octanol–water partition coefficient (Wildman–Crippen LogP) is -1.92. The molecule has 1 fully saturated rings. The predicted molar refractivity (Wildman–Crippen MR) is 108 cm³/mol. The van der Waals surface area contributed by atoms with Crippen LogP contribution < -0.4 is 0 Å². The van der Waals surface area contributed by atoms with Gasteiger partial charge in [-0.25, -0.2) is 9.59 Å². The molecule has 0 aromatic rings. The van der Waals surface area contributed by atoms with Gasteiger partial charge in [0.25, 0.3) is 0 Å². The standard InChI is InChI=1S/C22H28O11/c1-9(24)12-7-22(33-20(12)29)6-5-10-11(19(28)30-2)3-4-13(15(10)22)31-21-18(27)17(26)16(25)14(8-23)32-21/h3,5-7,9-10,13-18,21,23-27H,4,8H2,1-2H3. The quantitative estimate of drug-likeness (QED) is 0.225. The molecule has 11 heteroatoms. The van der Waals surface area contributed by atoms with E-state index in [4.69, 9.17) is 18.9 Å². The summed E-state index contributed by atoms with van der Waals surface area (Å²) in [5, 5.41) is 50.0. The van der Waals surface area contributed by atoms with E-state index < -0.39 is 78.9 Å². The van der Waals surface area contributed by atoms with Gasteiger partial charge in [0.1, 0.15) is 24.4 Å². The minimum absolute atomic E-state index is 0.0704. The third-order valence-corrected chi connectivity index (χ3v) is 6.72. The van der Waals surface area contributed by atoms with Crippen molar-refractivity contribution in [3.8, 4) is 0 Å². The highest BCUT2D eigenvalue weighted by atomic mass is 16.7. The van der Waals surface area contributed by atoms with E-state index in [1.54, 1.807) is 18.2 Å². The molecule has 5 N–H and O–H groups in total. The number of aliphatic hydroxyl groups is 5. The third kappa shape index (κ3) is 3.93. The second kappa shape index (κ2) is 8.91. The summed E-state index contributed by atoms with van der Waals surface area (Å²) in [6.45, 7) is 0.822. The highest BCUT2D eigenvalue weighted by molar-refractivity contribution is 5.94. The third-order valence-electron chi connectivity index (χ3n) is 6.72. The zero-order chi connectivity index (χ0) is 24.1. The molecule has 4 aliphatic rings. The first-order valence-corrected chi connectivity index (χ1v) is 10.7. The summed E-state index contributed by atoms with van der Waals surface area (Å²) in [7, 11) is 1.25. The Labute approximate surface area is 189 Å². The summed E-state index contributed by atoms with van der Waals surface area (Å²) in [6, 6.07) is 0. The van der Waals surface area contributed by atoms with Crippen molar-refractivity contribution in [1.29, 1.82) is 0 Å². The monoisotopic (exact) mass is 468 g/mol. The normalized spacial score (nSPS) is 43.1. The Hall–Kier alpha value is -2.12. The van der Waals surface area contributed by atoms with Crippen molar-refractivity contribution in [1.82, 2.24) is 0 Å². The number of allylic oxidation sites excluding steroid dienone is 1. The first-order chi connectivity index (χ1) is 15.6. The maximum atomic E-state index is 12.4. The number of methoxy groups -OCH3 is 1. The van der Waals surface area contributed by atoms with Crippen LogP contribution in [0.25, 0.3) is 0 Å². The fraction of sp³-hybridized carbons (Fsp3) is 0.636. The average Bonchev–Trinajstić information content (AvgIpc) is 3.34. The number of carbonyl (C=O) groups excluding carboxylic acids is 2. The summed E-state index contributed by atoms with van der Waals surface area (Å²) in [4.78, 5) is 24.8. The van der Waals surface area contributed by atoms with Gasteiger partial charge in [0, 0.05) is 17.4 Å².